The minimum absolute atomic E-state index is 0.468. The van der Waals surface area contributed by atoms with Crippen LogP contribution >= 0.6 is 0 Å². The fourth-order valence-electron chi connectivity index (χ4n) is 1.94. The van der Waals surface area contributed by atoms with Crippen molar-refractivity contribution in [1.82, 2.24) is 20.5 Å². The molecule has 0 aliphatic rings. The van der Waals surface area contributed by atoms with Crippen LogP contribution in [0.2, 0.25) is 0 Å². The van der Waals surface area contributed by atoms with Gasteiger partial charge in [0.2, 0.25) is 0 Å². The minimum Gasteiger partial charge on any atom is -0.307 e. The van der Waals surface area contributed by atoms with Gasteiger partial charge in [0.05, 0.1) is 6.54 Å². The quantitative estimate of drug-likeness (QED) is 0.819. The summed E-state index contributed by atoms with van der Waals surface area (Å²) in [6, 6.07) is 9.17. The summed E-state index contributed by atoms with van der Waals surface area (Å²) < 4.78 is 0. The highest BCUT2D eigenvalue weighted by Crippen LogP contribution is 2.08. The number of nitrogens with zero attached hydrogens (tertiary/aromatic N) is 2. The Bertz CT molecular complexity index is 464. The highest BCUT2D eigenvalue weighted by Gasteiger charge is 2.03. The van der Waals surface area contributed by atoms with Crippen LogP contribution in [0.25, 0.3) is 0 Å². The van der Waals surface area contributed by atoms with Crippen LogP contribution in [0.3, 0.4) is 0 Å². The van der Waals surface area contributed by atoms with Crippen molar-refractivity contribution >= 4 is 0 Å². The van der Waals surface area contributed by atoms with E-state index in [0.29, 0.717) is 6.04 Å². The molecule has 2 N–H and O–H groups in total. The molecule has 1 heterocycles. The van der Waals surface area contributed by atoms with Crippen LogP contribution in [0, 0.1) is 6.92 Å². The van der Waals surface area contributed by atoms with Crippen molar-refractivity contribution in [1.29, 1.82) is 0 Å². The van der Waals surface area contributed by atoms with E-state index < -0.39 is 0 Å². The van der Waals surface area contributed by atoms with Gasteiger partial charge in [-0.05, 0) is 32.3 Å². The fourth-order valence-corrected chi connectivity index (χ4v) is 1.94. The molecule has 1 aromatic carbocycles. The molecule has 0 radical (unpaired) electrons. The van der Waals surface area contributed by atoms with E-state index in [4.69, 9.17) is 0 Å². The summed E-state index contributed by atoms with van der Waals surface area (Å²) >= 11 is 0. The zero-order valence-corrected chi connectivity index (χ0v) is 11.0. The number of aryl methyl sites for hydroxylation is 2. The van der Waals surface area contributed by atoms with Crippen LogP contribution in [0.1, 0.15) is 30.3 Å². The molecule has 18 heavy (non-hydrogen) atoms. The number of hydrogen-bond donors (Lipinski definition) is 2. The summed E-state index contributed by atoms with van der Waals surface area (Å²) in [4.78, 5) is 4.09. The number of benzene rings is 1. The minimum atomic E-state index is 0.468. The molecule has 4 heteroatoms. The molecule has 4 nitrogen and oxygen atoms in total. The second-order valence-electron chi connectivity index (χ2n) is 4.74. The Morgan fingerprint density at radius 2 is 2.28 bits per heavy atom. The number of aromatic nitrogens is 3. The maximum Gasteiger partial charge on any atom is 0.138 e. The van der Waals surface area contributed by atoms with Gasteiger partial charge in [-0.2, -0.15) is 5.10 Å². The maximum atomic E-state index is 4.09. The molecule has 1 aromatic heterocycles. The Balaban J connectivity index is 1.73. The van der Waals surface area contributed by atoms with Crippen molar-refractivity contribution in [3.05, 3.63) is 47.5 Å². The molecule has 96 valence electrons. The second-order valence-corrected chi connectivity index (χ2v) is 4.74. The molecule has 0 spiro atoms. The SMILES string of the molecule is Cc1cccc(CCC(C)NCc2ncn[nH]2)c1. The first kappa shape index (κ1) is 12.8. The van der Waals surface area contributed by atoms with Crippen LogP contribution in [0.15, 0.2) is 30.6 Å². The van der Waals surface area contributed by atoms with Crippen LogP contribution in [0.4, 0.5) is 0 Å². The van der Waals surface area contributed by atoms with E-state index in [1.54, 1.807) is 0 Å². The molecule has 0 saturated carbocycles. The number of H-pyrrole nitrogens is 1. The highest BCUT2D eigenvalue weighted by molar-refractivity contribution is 5.22. The van der Waals surface area contributed by atoms with Gasteiger partial charge >= 0.3 is 0 Å². The maximum absolute atomic E-state index is 4.09. The molecular formula is C14H20N4. The number of nitrogens with one attached hydrogen (secondary N) is 2. The van der Waals surface area contributed by atoms with Crippen molar-refractivity contribution in [2.45, 2.75) is 39.3 Å². The lowest BCUT2D eigenvalue weighted by Gasteiger charge is -2.12. The van der Waals surface area contributed by atoms with Gasteiger partial charge in [0.15, 0.2) is 0 Å². The molecule has 0 aliphatic carbocycles. The van der Waals surface area contributed by atoms with E-state index in [0.717, 1.165) is 25.2 Å². The lowest BCUT2D eigenvalue weighted by Crippen LogP contribution is -2.26. The van der Waals surface area contributed by atoms with Crippen molar-refractivity contribution in [3.8, 4) is 0 Å². The van der Waals surface area contributed by atoms with E-state index in [2.05, 4.69) is 58.6 Å². The van der Waals surface area contributed by atoms with Crippen molar-refractivity contribution in [3.63, 3.8) is 0 Å². The average Bonchev–Trinajstić information content (AvgIpc) is 2.87. The average molecular weight is 244 g/mol. The lowest BCUT2D eigenvalue weighted by molar-refractivity contribution is 0.505. The molecule has 0 amide bonds. The van der Waals surface area contributed by atoms with Gasteiger partial charge in [0.1, 0.15) is 12.2 Å². The molecule has 2 rings (SSSR count). The third-order valence-electron chi connectivity index (χ3n) is 3.03. The first-order valence-electron chi connectivity index (χ1n) is 6.37. The molecule has 1 atom stereocenters. The number of rotatable bonds is 6. The van der Waals surface area contributed by atoms with Crippen molar-refractivity contribution in [2.75, 3.05) is 0 Å². The highest BCUT2D eigenvalue weighted by atomic mass is 15.2. The zero-order chi connectivity index (χ0) is 12.8. The van der Waals surface area contributed by atoms with Gasteiger partial charge < -0.3 is 5.32 Å². The monoisotopic (exact) mass is 244 g/mol. The van der Waals surface area contributed by atoms with E-state index in [-0.39, 0.29) is 0 Å². The second kappa shape index (κ2) is 6.31. The molecule has 1 unspecified atom stereocenters. The van der Waals surface area contributed by atoms with Crippen LogP contribution in [-0.4, -0.2) is 21.2 Å². The topological polar surface area (TPSA) is 53.6 Å². The normalized spacial score (nSPS) is 12.6. The first-order chi connectivity index (χ1) is 8.74. The van der Waals surface area contributed by atoms with E-state index in [1.807, 2.05) is 0 Å². The summed E-state index contributed by atoms with van der Waals surface area (Å²) in [5, 5.41) is 10.1. The molecule has 0 fully saturated rings. The third kappa shape index (κ3) is 3.96. The van der Waals surface area contributed by atoms with Gasteiger partial charge in [-0.3, -0.25) is 5.10 Å². The summed E-state index contributed by atoms with van der Waals surface area (Å²) in [6.07, 6.45) is 3.76. The molecule has 0 saturated heterocycles. The van der Waals surface area contributed by atoms with Gasteiger partial charge in [0, 0.05) is 6.04 Å². The van der Waals surface area contributed by atoms with E-state index >= 15 is 0 Å². The molecule has 2 aromatic rings. The standard InChI is InChI=1S/C14H20N4/c1-11-4-3-5-13(8-11)7-6-12(2)15-9-14-16-10-17-18-14/h3-5,8,10,12,15H,6-7,9H2,1-2H3,(H,16,17,18). The number of hydrogen-bond acceptors (Lipinski definition) is 3. The van der Waals surface area contributed by atoms with Crippen molar-refractivity contribution < 1.29 is 0 Å². The van der Waals surface area contributed by atoms with Gasteiger partial charge in [0.25, 0.3) is 0 Å². The summed E-state index contributed by atoms with van der Waals surface area (Å²) in [5.41, 5.74) is 2.73. The fraction of sp³-hybridized carbons (Fsp3) is 0.429. The Kier molecular flexibility index (Phi) is 4.47. The number of aromatic amines is 1. The Labute approximate surface area is 108 Å². The lowest BCUT2D eigenvalue weighted by atomic mass is 10.0. The summed E-state index contributed by atoms with van der Waals surface area (Å²) in [6.45, 7) is 5.08. The van der Waals surface area contributed by atoms with E-state index in [9.17, 15) is 0 Å². The van der Waals surface area contributed by atoms with Crippen LogP contribution in [0.5, 0.6) is 0 Å². The Morgan fingerprint density at radius 3 is 3.00 bits per heavy atom. The van der Waals surface area contributed by atoms with Gasteiger partial charge in [-0.15, -0.1) is 0 Å². The predicted molar refractivity (Wildman–Crippen MR) is 72.2 cm³/mol. The van der Waals surface area contributed by atoms with Crippen molar-refractivity contribution in [2.24, 2.45) is 0 Å². The summed E-state index contributed by atoms with van der Waals surface area (Å²) in [7, 11) is 0. The predicted octanol–water partition coefficient (Wildman–Crippen LogP) is 2.22. The Morgan fingerprint density at radius 1 is 1.39 bits per heavy atom. The molecule has 0 aliphatic heterocycles. The summed E-state index contributed by atoms with van der Waals surface area (Å²) in [5.74, 6) is 0.886. The van der Waals surface area contributed by atoms with Gasteiger partial charge in [-0.25, -0.2) is 4.98 Å². The largest absolute Gasteiger partial charge is 0.307 e. The van der Waals surface area contributed by atoms with E-state index in [1.165, 1.54) is 17.5 Å². The van der Waals surface area contributed by atoms with Crippen LogP contribution < -0.4 is 5.32 Å². The molecular weight excluding hydrogens is 224 g/mol. The van der Waals surface area contributed by atoms with Gasteiger partial charge in [-0.1, -0.05) is 29.8 Å². The third-order valence-corrected chi connectivity index (χ3v) is 3.03. The smallest absolute Gasteiger partial charge is 0.138 e. The van der Waals surface area contributed by atoms with Crippen LogP contribution in [-0.2, 0) is 13.0 Å². The zero-order valence-electron chi connectivity index (χ0n) is 11.0. The first-order valence-corrected chi connectivity index (χ1v) is 6.37. The Hall–Kier alpha value is -1.68. The molecule has 0 bridgehead atoms.